The molecule has 1 aromatic carbocycles. The maximum Gasteiger partial charge on any atom is 0.252 e. The van der Waals surface area contributed by atoms with Gasteiger partial charge in [-0.25, -0.2) is 0 Å². The number of benzene rings is 1. The number of rotatable bonds is 4. The highest BCUT2D eigenvalue weighted by molar-refractivity contribution is 9.10. The molecule has 94 valence electrons. The Morgan fingerprint density at radius 3 is 2.88 bits per heavy atom. The number of aliphatic hydroxyl groups is 1. The first-order chi connectivity index (χ1) is 7.91. The van der Waals surface area contributed by atoms with E-state index in [1.165, 1.54) is 0 Å². The molecule has 0 aliphatic carbocycles. The summed E-state index contributed by atoms with van der Waals surface area (Å²) in [6.07, 6.45) is -0.668. The van der Waals surface area contributed by atoms with E-state index in [2.05, 4.69) is 21.2 Å². The predicted octanol–water partition coefficient (Wildman–Crippen LogP) is 1.54. The van der Waals surface area contributed by atoms with Crippen molar-refractivity contribution in [3.63, 3.8) is 0 Å². The average Bonchev–Trinajstić information content (AvgIpc) is 2.28. The van der Waals surface area contributed by atoms with Crippen LogP contribution in [0.15, 0.2) is 22.7 Å². The van der Waals surface area contributed by atoms with Crippen LogP contribution in [0.5, 0.6) is 0 Å². The lowest BCUT2D eigenvalue weighted by molar-refractivity contribution is 0.0937. The fourth-order valence-electron chi connectivity index (χ4n) is 1.15. The van der Waals surface area contributed by atoms with Gasteiger partial charge in [0.15, 0.2) is 0 Å². The Morgan fingerprint density at radius 1 is 1.65 bits per heavy atom. The molecule has 0 aliphatic heterocycles. The molecule has 2 unspecified atom stereocenters. The van der Waals surface area contributed by atoms with Gasteiger partial charge < -0.3 is 16.2 Å². The first-order valence-electron chi connectivity index (χ1n) is 5.08. The van der Waals surface area contributed by atoms with Crippen molar-refractivity contribution in [3.8, 4) is 0 Å². The van der Waals surface area contributed by atoms with Crippen LogP contribution >= 0.6 is 27.5 Å². The van der Waals surface area contributed by atoms with Crippen molar-refractivity contribution in [2.45, 2.75) is 19.1 Å². The second-order valence-corrected chi connectivity index (χ2v) is 5.03. The summed E-state index contributed by atoms with van der Waals surface area (Å²) < 4.78 is 0.657. The van der Waals surface area contributed by atoms with E-state index in [0.717, 1.165) is 0 Å². The minimum Gasteiger partial charge on any atom is -0.392 e. The topological polar surface area (TPSA) is 75.3 Å². The monoisotopic (exact) mass is 320 g/mol. The normalized spacial score (nSPS) is 14.2. The molecule has 0 bridgehead atoms. The third kappa shape index (κ3) is 4.27. The second kappa shape index (κ2) is 6.35. The summed E-state index contributed by atoms with van der Waals surface area (Å²) in [6.45, 7) is 1.78. The van der Waals surface area contributed by atoms with Crippen molar-refractivity contribution in [2.75, 3.05) is 6.54 Å². The standard InChI is InChI=1S/C11H14BrClN2O2/c1-6(16)10(14)5-15-11(17)8-4-7(13)2-3-9(8)12/h2-4,6,10,16H,5,14H2,1H3,(H,15,17). The van der Waals surface area contributed by atoms with E-state index in [-0.39, 0.29) is 12.5 Å². The van der Waals surface area contributed by atoms with Gasteiger partial charge in [0.25, 0.3) is 5.91 Å². The van der Waals surface area contributed by atoms with Crippen LogP contribution in [0.3, 0.4) is 0 Å². The minimum absolute atomic E-state index is 0.204. The lowest BCUT2D eigenvalue weighted by atomic mass is 10.2. The Morgan fingerprint density at radius 2 is 2.29 bits per heavy atom. The molecule has 1 aromatic rings. The molecule has 1 amide bonds. The largest absolute Gasteiger partial charge is 0.392 e. The van der Waals surface area contributed by atoms with Gasteiger partial charge in [0.05, 0.1) is 11.7 Å². The van der Waals surface area contributed by atoms with Crippen molar-refractivity contribution in [1.82, 2.24) is 5.32 Å². The summed E-state index contributed by atoms with van der Waals surface area (Å²) in [5, 5.41) is 12.3. The van der Waals surface area contributed by atoms with Crippen LogP contribution in [0.25, 0.3) is 0 Å². The Hall–Kier alpha value is -0.620. The van der Waals surface area contributed by atoms with E-state index in [9.17, 15) is 9.90 Å². The van der Waals surface area contributed by atoms with Crippen LogP contribution in [0.4, 0.5) is 0 Å². The van der Waals surface area contributed by atoms with Gasteiger partial charge in [-0.2, -0.15) is 0 Å². The van der Waals surface area contributed by atoms with Gasteiger partial charge in [-0.3, -0.25) is 4.79 Å². The highest BCUT2D eigenvalue weighted by Crippen LogP contribution is 2.20. The first-order valence-corrected chi connectivity index (χ1v) is 6.26. The van der Waals surface area contributed by atoms with E-state index in [1.54, 1.807) is 25.1 Å². The zero-order chi connectivity index (χ0) is 13.0. The van der Waals surface area contributed by atoms with Crippen molar-refractivity contribution in [2.24, 2.45) is 5.73 Å². The van der Waals surface area contributed by atoms with Gasteiger partial charge in [-0.1, -0.05) is 11.6 Å². The number of nitrogens with two attached hydrogens (primary N) is 1. The fraction of sp³-hybridized carbons (Fsp3) is 0.364. The van der Waals surface area contributed by atoms with Crippen molar-refractivity contribution in [3.05, 3.63) is 33.3 Å². The molecule has 0 saturated carbocycles. The van der Waals surface area contributed by atoms with E-state index < -0.39 is 12.1 Å². The molecule has 17 heavy (non-hydrogen) atoms. The number of nitrogens with one attached hydrogen (secondary N) is 1. The third-order valence-electron chi connectivity index (χ3n) is 2.29. The molecule has 4 nitrogen and oxygen atoms in total. The molecule has 4 N–H and O–H groups in total. The van der Waals surface area contributed by atoms with Crippen LogP contribution in [0.1, 0.15) is 17.3 Å². The molecule has 6 heteroatoms. The summed E-state index contributed by atoms with van der Waals surface area (Å²) in [4.78, 5) is 11.8. The van der Waals surface area contributed by atoms with Crippen LogP contribution < -0.4 is 11.1 Å². The highest BCUT2D eigenvalue weighted by atomic mass is 79.9. The first kappa shape index (κ1) is 14.4. The Labute approximate surface area is 113 Å². The molecule has 1 rings (SSSR count). The molecule has 0 saturated heterocycles. The number of carbonyl (C=O) groups excluding carboxylic acids is 1. The molecular weight excluding hydrogens is 307 g/mol. The van der Waals surface area contributed by atoms with Crippen LogP contribution in [0.2, 0.25) is 5.02 Å². The maximum atomic E-state index is 11.8. The van der Waals surface area contributed by atoms with Crippen molar-refractivity contribution in [1.29, 1.82) is 0 Å². The van der Waals surface area contributed by atoms with Gasteiger partial charge in [0, 0.05) is 22.1 Å². The van der Waals surface area contributed by atoms with Gasteiger partial charge >= 0.3 is 0 Å². The molecule has 2 atom stereocenters. The summed E-state index contributed by atoms with van der Waals surface area (Å²) in [5.41, 5.74) is 6.05. The zero-order valence-electron chi connectivity index (χ0n) is 9.28. The molecular formula is C11H14BrClN2O2. The summed E-state index contributed by atoms with van der Waals surface area (Å²) >= 11 is 9.08. The van der Waals surface area contributed by atoms with Gasteiger partial charge in [0.1, 0.15) is 0 Å². The van der Waals surface area contributed by atoms with Gasteiger partial charge in [0.2, 0.25) is 0 Å². The minimum atomic E-state index is -0.668. The number of hydrogen-bond donors (Lipinski definition) is 3. The van der Waals surface area contributed by atoms with E-state index >= 15 is 0 Å². The molecule has 0 spiro atoms. The molecule has 0 aromatic heterocycles. The number of hydrogen-bond acceptors (Lipinski definition) is 3. The smallest absolute Gasteiger partial charge is 0.252 e. The summed E-state index contributed by atoms with van der Waals surface area (Å²) in [5.74, 6) is -0.282. The maximum absolute atomic E-state index is 11.8. The molecule has 0 aliphatic rings. The third-order valence-corrected chi connectivity index (χ3v) is 3.22. The Bertz CT molecular complexity index is 412. The number of amides is 1. The van der Waals surface area contributed by atoms with Crippen molar-refractivity contribution < 1.29 is 9.90 Å². The van der Waals surface area contributed by atoms with Gasteiger partial charge in [-0.15, -0.1) is 0 Å². The molecule has 0 fully saturated rings. The Kier molecular flexibility index (Phi) is 5.39. The van der Waals surface area contributed by atoms with Crippen LogP contribution in [-0.2, 0) is 0 Å². The van der Waals surface area contributed by atoms with E-state index in [1.807, 2.05) is 0 Å². The molecule has 0 heterocycles. The number of aliphatic hydroxyl groups excluding tert-OH is 1. The van der Waals surface area contributed by atoms with Crippen LogP contribution in [-0.4, -0.2) is 29.7 Å². The molecule has 0 radical (unpaired) electrons. The average molecular weight is 322 g/mol. The number of carbonyl (C=O) groups is 1. The van der Waals surface area contributed by atoms with Crippen molar-refractivity contribution >= 4 is 33.4 Å². The fourth-order valence-corrected chi connectivity index (χ4v) is 1.75. The quantitative estimate of drug-likeness (QED) is 0.787. The summed E-state index contributed by atoms with van der Waals surface area (Å²) in [7, 11) is 0. The predicted molar refractivity (Wildman–Crippen MR) is 71.1 cm³/mol. The summed E-state index contributed by atoms with van der Waals surface area (Å²) in [6, 6.07) is 4.46. The highest BCUT2D eigenvalue weighted by Gasteiger charge is 2.14. The van der Waals surface area contributed by atoms with E-state index in [0.29, 0.717) is 15.1 Å². The lowest BCUT2D eigenvalue weighted by Gasteiger charge is -2.15. The van der Waals surface area contributed by atoms with Gasteiger partial charge in [-0.05, 0) is 41.1 Å². The number of halogens is 2. The van der Waals surface area contributed by atoms with Crippen LogP contribution in [0, 0.1) is 0 Å². The zero-order valence-corrected chi connectivity index (χ0v) is 11.6. The Balaban J connectivity index is 2.67. The lowest BCUT2D eigenvalue weighted by Crippen LogP contribution is -2.43. The van der Waals surface area contributed by atoms with E-state index in [4.69, 9.17) is 17.3 Å². The SMILES string of the molecule is CC(O)C(N)CNC(=O)c1cc(Cl)ccc1Br. The second-order valence-electron chi connectivity index (χ2n) is 3.74.